The summed E-state index contributed by atoms with van der Waals surface area (Å²) in [6, 6.07) is 17.1. The minimum atomic E-state index is 0.272. The fraction of sp³-hybridized carbons (Fsp3) is 0.176. The molecule has 0 aromatic heterocycles. The molecule has 104 valence electrons. The molecule has 2 aromatic carbocycles. The van der Waals surface area contributed by atoms with E-state index >= 15 is 0 Å². The first kappa shape index (κ1) is 15.2. The third-order valence-electron chi connectivity index (χ3n) is 2.99. The van der Waals surface area contributed by atoms with E-state index < -0.39 is 0 Å². The predicted octanol–water partition coefficient (Wildman–Crippen LogP) is 5.90. The Kier molecular flexibility index (Phi) is 5.74. The van der Waals surface area contributed by atoms with Crippen molar-refractivity contribution in [1.29, 1.82) is 0 Å². The van der Waals surface area contributed by atoms with Crippen molar-refractivity contribution in [3.63, 3.8) is 0 Å². The molecule has 1 unspecified atom stereocenters. The summed E-state index contributed by atoms with van der Waals surface area (Å²) in [6.07, 6.45) is 1.93. The molecule has 0 aliphatic heterocycles. The zero-order chi connectivity index (χ0) is 14.4. The first-order chi connectivity index (χ1) is 9.70. The highest BCUT2D eigenvalue weighted by Crippen LogP contribution is 2.30. The van der Waals surface area contributed by atoms with Crippen molar-refractivity contribution in [1.82, 2.24) is 0 Å². The van der Waals surface area contributed by atoms with Crippen LogP contribution in [0, 0.1) is 0 Å². The molecule has 0 radical (unpaired) electrons. The molecule has 20 heavy (non-hydrogen) atoms. The van der Waals surface area contributed by atoms with Crippen molar-refractivity contribution >= 4 is 33.4 Å². The van der Waals surface area contributed by atoms with E-state index in [1.807, 2.05) is 6.08 Å². The zero-order valence-corrected chi connectivity index (χ0v) is 13.9. The molecule has 0 spiro atoms. The average Bonchev–Trinajstić information content (AvgIpc) is 2.47. The van der Waals surface area contributed by atoms with Gasteiger partial charge < -0.3 is 5.32 Å². The zero-order valence-electron chi connectivity index (χ0n) is 11.5. The number of para-hydroxylation sites is 1. The maximum absolute atomic E-state index is 3.78. The van der Waals surface area contributed by atoms with E-state index in [0.29, 0.717) is 0 Å². The van der Waals surface area contributed by atoms with Gasteiger partial charge in [-0.3, -0.25) is 0 Å². The predicted molar refractivity (Wildman–Crippen MR) is 93.5 cm³/mol. The molecule has 0 saturated heterocycles. The topological polar surface area (TPSA) is 12.0 Å². The van der Waals surface area contributed by atoms with Crippen LogP contribution in [-0.4, -0.2) is 5.75 Å². The molecule has 2 rings (SSSR count). The summed E-state index contributed by atoms with van der Waals surface area (Å²) < 4.78 is 1.11. The van der Waals surface area contributed by atoms with Gasteiger partial charge in [-0.1, -0.05) is 46.3 Å². The van der Waals surface area contributed by atoms with Gasteiger partial charge in [0.15, 0.2) is 0 Å². The number of benzene rings is 2. The van der Waals surface area contributed by atoms with Crippen molar-refractivity contribution < 1.29 is 0 Å². The van der Waals surface area contributed by atoms with Crippen LogP contribution in [-0.2, 0) is 0 Å². The number of halogens is 1. The van der Waals surface area contributed by atoms with E-state index in [1.165, 1.54) is 16.1 Å². The molecular weight excluding hydrogens is 330 g/mol. The van der Waals surface area contributed by atoms with Crippen molar-refractivity contribution in [2.75, 3.05) is 11.1 Å². The summed E-state index contributed by atoms with van der Waals surface area (Å²) >= 11 is 5.27. The Morgan fingerprint density at radius 1 is 1.20 bits per heavy atom. The van der Waals surface area contributed by atoms with Gasteiger partial charge in [0, 0.05) is 26.9 Å². The normalized spacial score (nSPS) is 11.9. The van der Waals surface area contributed by atoms with E-state index in [-0.39, 0.29) is 6.04 Å². The molecule has 1 N–H and O–H groups in total. The maximum Gasteiger partial charge on any atom is 0.0486 e. The minimum Gasteiger partial charge on any atom is -0.378 e. The SMILES string of the molecule is C=CCSc1ccccc1NC(C)c1ccc(Br)cc1. The van der Waals surface area contributed by atoms with Gasteiger partial charge in [-0.2, -0.15) is 0 Å². The van der Waals surface area contributed by atoms with Gasteiger partial charge in [0.05, 0.1) is 0 Å². The second-order valence-electron chi connectivity index (χ2n) is 4.51. The van der Waals surface area contributed by atoms with Crippen molar-refractivity contribution in [3.05, 3.63) is 71.2 Å². The minimum absolute atomic E-state index is 0.272. The molecule has 0 fully saturated rings. The number of hydrogen-bond acceptors (Lipinski definition) is 2. The van der Waals surface area contributed by atoms with Crippen LogP contribution in [0.15, 0.2) is 70.6 Å². The van der Waals surface area contributed by atoms with Gasteiger partial charge in [0.2, 0.25) is 0 Å². The van der Waals surface area contributed by atoms with E-state index in [2.05, 4.69) is 83.3 Å². The van der Waals surface area contributed by atoms with Gasteiger partial charge in [-0.05, 0) is 36.8 Å². The summed E-state index contributed by atoms with van der Waals surface area (Å²) in [5.41, 5.74) is 2.45. The fourth-order valence-electron chi connectivity index (χ4n) is 1.93. The second-order valence-corrected chi connectivity index (χ2v) is 6.49. The molecule has 0 heterocycles. The highest BCUT2D eigenvalue weighted by molar-refractivity contribution is 9.10. The van der Waals surface area contributed by atoms with E-state index in [9.17, 15) is 0 Å². The van der Waals surface area contributed by atoms with E-state index in [0.717, 1.165) is 10.2 Å². The first-order valence-electron chi connectivity index (χ1n) is 6.55. The third kappa shape index (κ3) is 4.15. The summed E-state index contributed by atoms with van der Waals surface area (Å²) in [4.78, 5) is 1.26. The van der Waals surface area contributed by atoms with Gasteiger partial charge in [-0.25, -0.2) is 0 Å². The monoisotopic (exact) mass is 347 g/mol. The average molecular weight is 348 g/mol. The third-order valence-corrected chi connectivity index (χ3v) is 4.58. The Hall–Kier alpha value is -1.19. The van der Waals surface area contributed by atoms with Gasteiger partial charge in [-0.15, -0.1) is 18.3 Å². The van der Waals surface area contributed by atoms with Crippen molar-refractivity contribution in [2.45, 2.75) is 17.9 Å². The van der Waals surface area contributed by atoms with Crippen LogP contribution in [0.5, 0.6) is 0 Å². The Labute approximate surface area is 133 Å². The van der Waals surface area contributed by atoms with Crippen LogP contribution >= 0.6 is 27.7 Å². The van der Waals surface area contributed by atoms with E-state index in [4.69, 9.17) is 0 Å². The molecule has 1 nitrogen and oxygen atoms in total. The Morgan fingerprint density at radius 2 is 1.90 bits per heavy atom. The number of rotatable bonds is 6. The lowest BCUT2D eigenvalue weighted by Crippen LogP contribution is -2.07. The van der Waals surface area contributed by atoms with Crippen LogP contribution in [0.25, 0.3) is 0 Å². The van der Waals surface area contributed by atoms with Crippen molar-refractivity contribution in [2.24, 2.45) is 0 Å². The highest BCUT2D eigenvalue weighted by atomic mass is 79.9. The molecular formula is C17H18BrNS. The van der Waals surface area contributed by atoms with Crippen LogP contribution < -0.4 is 5.32 Å². The maximum atomic E-state index is 3.78. The molecule has 3 heteroatoms. The first-order valence-corrected chi connectivity index (χ1v) is 8.33. The quantitative estimate of drug-likeness (QED) is 0.515. The molecule has 0 aliphatic rings. The highest BCUT2D eigenvalue weighted by Gasteiger charge is 2.08. The van der Waals surface area contributed by atoms with Crippen LogP contribution in [0.2, 0.25) is 0 Å². The molecule has 1 atom stereocenters. The molecule has 0 saturated carbocycles. The van der Waals surface area contributed by atoms with Gasteiger partial charge >= 0.3 is 0 Å². The molecule has 0 amide bonds. The molecule has 0 bridgehead atoms. The van der Waals surface area contributed by atoms with E-state index in [1.54, 1.807) is 11.8 Å². The van der Waals surface area contributed by atoms with Gasteiger partial charge in [0.25, 0.3) is 0 Å². The Bertz CT molecular complexity index is 565. The number of hydrogen-bond donors (Lipinski definition) is 1. The smallest absolute Gasteiger partial charge is 0.0486 e. The standard InChI is InChI=1S/C17H18BrNS/c1-3-12-20-17-7-5-4-6-16(17)19-13(2)14-8-10-15(18)11-9-14/h3-11,13,19H,1,12H2,2H3. The summed E-state index contributed by atoms with van der Waals surface area (Å²) in [5.74, 6) is 0.922. The second kappa shape index (κ2) is 7.55. The Morgan fingerprint density at radius 3 is 2.60 bits per heavy atom. The van der Waals surface area contributed by atoms with Crippen molar-refractivity contribution in [3.8, 4) is 0 Å². The summed E-state index contributed by atoms with van der Waals surface area (Å²) in [6.45, 7) is 5.96. The summed E-state index contributed by atoms with van der Waals surface area (Å²) in [7, 11) is 0. The summed E-state index contributed by atoms with van der Waals surface area (Å²) in [5, 5.41) is 3.58. The lowest BCUT2D eigenvalue weighted by molar-refractivity contribution is 0.879. The molecule has 2 aromatic rings. The van der Waals surface area contributed by atoms with Crippen LogP contribution in [0.4, 0.5) is 5.69 Å². The van der Waals surface area contributed by atoms with Crippen LogP contribution in [0.1, 0.15) is 18.5 Å². The Balaban J connectivity index is 2.12. The number of anilines is 1. The van der Waals surface area contributed by atoms with Gasteiger partial charge in [0.1, 0.15) is 0 Å². The van der Waals surface area contributed by atoms with Crippen LogP contribution in [0.3, 0.4) is 0 Å². The lowest BCUT2D eigenvalue weighted by atomic mass is 10.1. The largest absolute Gasteiger partial charge is 0.378 e. The molecule has 0 aliphatic carbocycles. The number of nitrogens with one attached hydrogen (secondary N) is 1. The number of thioether (sulfide) groups is 1. The fourth-order valence-corrected chi connectivity index (χ4v) is 2.95. The lowest BCUT2D eigenvalue weighted by Gasteiger charge is -2.18.